The number of benzene rings is 1. The number of alkyl halides is 7. The molecule has 11 heteroatoms. The average molecular weight is 424 g/mol. The van der Waals surface area contributed by atoms with E-state index in [1.807, 2.05) is 0 Å². The molecule has 27 heavy (non-hydrogen) atoms. The highest BCUT2D eigenvalue weighted by atomic mass is 32.2. The number of rotatable bonds is 9. The SMILES string of the molecule is Cc1ccc(S(=O)(=O)OCCCCCCC(F)(C(F)(F)F)C(F)(F)F)cc1. The number of halogens is 7. The van der Waals surface area contributed by atoms with Gasteiger partial charge in [-0.05, 0) is 38.3 Å². The van der Waals surface area contributed by atoms with Gasteiger partial charge in [-0.25, -0.2) is 4.39 Å². The second-order valence-corrected chi connectivity index (χ2v) is 7.67. The lowest BCUT2D eigenvalue weighted by Gasteiger charge is -2.29. The first-order valence-electron chi connectivity index (χ1n) is 7.99. The smallest absolute Gasteiger partial charge is 0.266 e. The Bertz CT molecular complexity index is 680. The molecule has 1 rings (SSSR count). The summed E-state index contributed by atoms with van der Waals surface area (Å²) >= 11 is 0. The molecule has 0 saturated carbocycles. The first-order chi connectivity index (χ1) is 12.2. The Morgan fingerprint density at radius 2 is 1.30 bits per heavy atom. The highest BCUT2D eigenvalue weighted by Crippen LogP contribution is 2.49. The number of unbranched alkanes of at least 4 members (excludes halogenated alkanes) is 3. The minimum Gasteiger partial charge on any atom is -0.266 e. The fraction of sp³-hybridized carbons (Fsp3) is 0.625. The third-order valence-corrected chi connectivity index (χ3v) is 5.19. The maximum atomic E-state index is 13.4. The van der Waals surface area contributed by atoms with Crippen molar-refractivity contribution in [2.75, 3.05) is 6.61 Å². The zero-order chi connectivity index (χ0) is 20.9. The Hall–Kier alpha value is -1.36. The summed E-state index contributed by atoms with van der Waals surface area (Å²) in [5, 5.41) is 0. The van der Waals surface area contributed by atoms with Crippen LogP contribution in [-0.4, -0.2) is 33.0 Å². The Kier molecular flexibility index (Phi) is 7.69. The summed E-state index contributed by atoms with van der Waals surface area (Å²) in [6.07, 6.45) is -14.4. The second-order valence-electron chi connectivity index (χ2n) is 6.05. The lowest BCUT2D eigenvalue weighted by atomic mass is 9.96. The van der Waals surface area contributed by atoms with Gasteiger partial charge in [-0.3, -0.25) is 4.18 Å². The summed E-state index contributed by atoms with van der Waals surface area (Å²) in [5.74, 6) is 0. The highest BCUT2D eigenvalue weighted by Gasteiger charge is 2.71. The molecular weight excluding hydrogens is 405 g/mol. The molecular formula is C16H19F7O3S. The second kappa shape index (κ2) is 8.76. The van der Waals surface area contributed by atoms with Crippen LogP contribution in [-0.2, 0) is 14.3 Å². The largest absolute Gasteiger partial charge is 0.431 e. The van der Waals surface area contributed by atoms with Crippen molar-refractivity contribution in [3.63, 3.8) is 0 Å². The average Bonchev–Trinajstić information content (AvgIpc) is 2.52. The summed E-state index contributed by atoms with van der Waals surface area (Å²) in [6.45, 7) is 1.48. The summed E-state index contributed by atoms with van der Waals surface area (Å²) in [6, 6.07) is 5.83. The molecule has 0 aliphatic carbocycles. The minimum absolute atomic E-state index is 0.0642. The first kappa shape index (κ1) is 23.7. The molecule has 0 amide bonds. The maximum Gasteiger partial charge on any atom is 0.431 e. The molecule has 0 fully saturated rings. The van der Waals surface area contributed by atoms with E-state index in [1.54, 1.807) is 19.1 Å². The zero-order valence-electron chi connectivity index (χ0n) is 14.3. The molecule has 0 bridgehead atoms. The topological polar surface area (TPSA) is 43.4 Å². The molecule has 0 aromatic heterocycles. The van der Waals surface area contributed by atoms with Crippen molar-refractivity contribution in [1.82, 2.24) is 0 Å². The molecule has 1 aromatic carbocycles. The molecule has 0 aliphatic heterocycles. The van der Waals surface area contributed by atoms with Crippen molar-refractivity contribution in [2.45, 2.75) is 61.9 Å². The van der Waals surface area contributed by atoms with Crippen LogP contribution in [0.1, 0.15) is 37.7 Å². The molecule has 3 nitrogen and oxygen atoms in total. The van der Waals surface area contributed by atoms with E-state index in [4.69, 9.17) is 4.18 Å². The molecule has 1 aromatic rings. The van der Waals surface area contributed by atoms with Crippen molar-refractivity contribution in [3.05, 3.63) is 29.8 Å². The van der Waals surface area contributed by atoms with E-state index in [2.05, 4.69) is 0 Å². The summed E-state index contributed by atoms with van der Waals surface area (Å²) in [4.78, 5) is -0.0642. The third kappa shape index (κ3) is 6.34. The van der Waals surface area contributed by atoms with Gasteiger partial charge in [0.25, 0.3) is 15.8 Å². The van der Waals surface area contributed by atoms with Gasteiger partial charge in [-0.2, -0.15) is 34.8 Å². The van der Waals surface area contributed by atoms with E-state index < -0.39 is 41.0 Å². The van der Waals surface area contributed by atoms with Crippen LogP contribution in [0.2, 0.25) is 0 Å². The molecule has 0 heterocycles. The number of hydrogen-bond acceptors (Lipinski definition) is 3. The molecule has 0 spiro atoms. The van der Waals surface area contributed by atoms with Crippen LogP contribution in [0.4, 0.5) is 30.7 Å². The molecule has 0 saturated heterocycles. The Morgan fingerprint density at radius 3 is 1.78 bits per heavy atom. The lowest BCUT2D eigenvalue weighted by molar-refractivity contribution is -0.343. The van der Waals surface area contributed by atoms with Crippen LogP contribution in [0.25, 0.3) is 0 Å². The van der Waals surface area contributed by atoms with E-state index in [0.717, 1.165) is 5.56 Å². The zero-order valence-corrected chi connectivity index (χ0v) is 15.1. The van der Waals surface area contributed by atoms with Crippen molar-refractivity contribution >= 4 is 10.1 Å². The van der Waals surface area contributed by atoms with Gasteiger partial charge in [0.15, 0.2) is 0 Å². The summed E-state index contributed by atoms with van der Waals surface area (Å²) < 4.78 is 116. The van der Waals surface area contributed by atoms with Crippen molar-refractivity contribution in [3.8, 4) is 0 Å². The Balaban J connectivity index is 2.39. The minimum atomic E-state index is -6.05. The van der Waals surface area contributed by atoms with Crippen molar-refractivity contribution < 1.29 is 43.3 Å². The highest BCUT2D eigenvalue weighted by molar-refractivity contribution is 7.86. The third-order valence-electron chi connectivity index (χ3n) is 3.86. The Labute approximate surface area is 152 Å². The van der Waals surface area contributed by atoms with Gasteiger partial charge in [0.05, 0.1) is 11.5 Å². The van der Waals surface area contributed by atoms with E-state index in [1.165, 1.54) is 12.1 Å². The van der Waals surface area contributed by atoms with Crippen LogP contribution in [0.15, 0.2) is 29.2 Å². The molecule has 0 atom stereocenters. The standard InChI is InChI=1S/C16H19F7O3S/c1-12-6-8-13(9-7-12)27(24,25)26-11-5-3-2-4-10-14(17,15(18,19)20)16(21,22)23/h6-9H,2-5,10-11H2,1H3. The number of aryl methyl sites for hydroxylation is 1. The predicted octanol–water partition coefficient (Wildman–Crippen LogP) is 5.48. The van der Waals surface area contributed by atoms with Gasteiger partial charge in [-0.15, -0.1) is 0 Å². The van der Waals surface area contributed by atoms with Crippen LogP contribution in [0, 0.1) is 6.92 Å². The van der Waals surface area contributed by atoms with Crippen molar-refractivity contribution in [2.24, 2.45) is 0 Å². The van der Waals surface area contributed by atoms with E-state index in [9.17, 15) is 39.2 Å². The van der Waals surface area contributed by atoms with E-state index in [0.29, 0.717) is 0 Å². The van der Waals surface area contributed by atoms with E-state index in [-0.39, 0.29) is 30.8 Å². The summed E-state index contributed by atoms with van der Waals surface area (Å²) in [7, 11) is -3.99. The maximum absolute atomic E-state index is 13.4. The van der Waals surface area contributed by atoms with Crippen LogP contribution >= 0.6 is 0 Å². The Morgan fingerprint density at radius 1 is 0.815 bits per heavy atom. The van der Waals surface area contributed by atoms with Crippen LogP contribution in [0.5, 0.6) is 0 Å². The quantitative estimate of drug-likeness (QED) is 0.299. The van der Waals surface area contributed by atoms with Gasteiger partial charge in [0.1, 0.15) is 0 Å². The van der Waals surface area contributed by atoms with Crippen LogP contribution in [0.3, 0.4) is 0 Å². The predicted molar refractivity (Wildman–Crippen MR) is 83.4 cm³/mol. The fourth-order valence-corrected chi connectivity index (χ4v) is 3.15. The van der Waals surface area contributed by atoms with Gasteiger partial charge in [0.2, 0.25) is 0 Å². The van der Waals surface area contributed by atoms with Crippen molar-refractivity contribution in [1.29, 1.82) is 0 Å². The van der Waals surface area contributed by atoms with Gasteiger partial charge < -0.3 is 0 Å². The molecule has 0 radical (unpaired) electrons. The first-order valence-corrected chi connectivity index (χ1v) is 9.40. The van der Waals surface area contributed by atoms with Gasteiger partial charge in [0, 0.05) is 0 Å². The van der Waals surface area contributed by atoms with Crippen LogP contribution < -0.4 is 0 Å². The lowest BCUT2D eigenvalue weighted by Crippen LogP contribution is -2.53. The molecule has 156 valence electrons. The molecule has 0 unspecified atom stereocenters. The van der Waals surface area contributed by atoms with E-state index >= 15 is 0 Å². The molecule has 0 N–H and O–H groups in total. The molecule has 0 aliphatic rings. The normalized spacial score (nSPS) is 13.8. The fourth-order valence-electron chi connectivity index (χ4n) is 2.21. The summed E-state index contributed by atoms with van der Waals surface area (Å²) in [5.41, 5.74) is -4.40. The number of hydrogen-bond donors (Lipinski definition) is 0. The van der Waals surface area contributed by atoms with Gasteiger partial charge >= 0.3 is 12.4 Å². The van der Waals surface area contributed by atoms with Gasteiger partial charge in [-0.1, -0.05) is 30.5 Å². The monoisotopic (exact) mass is 424 g/mol.